The van der Waals surface area contributed by atoms with Crippen molar-refractivity contribution in [2.75, 3.05) is 12.4 Å². The molecule has 1 amide bonds. The molecule has 5 heteroatoms. The lowest BCUT2D eigenvalue weighted by Gasteiger charge is -2.20. The highest BCUT2D eigenvalue weighted by atomic mass is 16.5. The minimum absolute atomic E-state index is 0.198. The summed E-state index contributed by atoms with van der Waals surface area (Å²) in [4.78, 5) is 24.2. The lowest BCUT2D eigenvalue weighted by Crippen LogP contribution is -2.30. The summed E-state index contributed by atoms with van der Waals surface area (Å²) < 4.78 is 4.71. The van der Waals surface area contributed by atoms with Crippen LogP contribution in [-0.4, -0.2) is 19.0 Å². The van der Waals surface area contributed by atoms with Crippen molar-refractivity contribution in [2.24, 2.45) is 11.7 Å². The molecule has 5 nitrogen and oxygen atoms in total. The van der Waals surface area contributed by atoms with Crippen LogP contribution < -0.4 is 11.1 Å². The molecule has 0 fully saturated rings. The van der Waals surface area contributed by atoms with Crippen molar-refractivity contribution in [2.45, 2.75) is 19.9 Å². The Labute approximate surface area is 141 Å². The molecule has 2 unspecified atom stereocenters. The first-order valence-electron chi connectivity index (χ1n) is 7.74. The van der Waals surface area contributed by atoms with E-state index in [1.54, 1.807) is 25.1 Å². The van der Waals surface area contributed by atoms with Crippen molar-refractivity contribution in [3.8, 4) is 0 Å². The number of anilines is 1. The topological polar surface area (TPSA) is 81.4 Å². The summed E-state index contributed by atoms with van der Waals surface area (Å²) in [6.07, 6.45) is 0. The Kier molecular flexibility index (Phi) is 5.71. The number of amides is 1. The molecule has 2 aromatic carbocycles. The maximum atomic E-state index is 12.5. The van der Waals surface area contributed by atoms with E-state index in [9.17, 15) is 9.59 Å². The first-order valence-corrected chi connectivity index (χ1v) is 7.74. The number of methoxy groups -OCH3 is 1. The van der Waals surface area contributed by atoms with Gasteiger partial charge in [-0.05, 0) is 30.2 Å². The molecule has 0 aliphatic carbocycles. The Morgan fingerprint density at radius 2 is 1.79 bits per heavy atom. The molecule has 0 heterocycles. The lowest BCUT2D eigenvalue weighted by atomic mass is 9.94. The smallest absolute Gasteiger partial charge is 0.337 e. The second kappa shape index (κ2) is 7.75. The van der Waals surface area contributed by atoms with Crippen LogP contribution in [0.5, 0.6) is 0 Å². The fraction of sp³-hybridized carbons (Fsp3) is 0.263. The highest BCUT2D eigenvalue weighted by molar-refractivity contribution is 5.96. The minimum atomic E-state index is -0.445. The number of hydrogen-bond acceptors (Lipinski definition) is 4. The van der Waals surface area contributed by atoms with E-state index in [1.165, 1.54) is 7.11 Å². The molecule has 2 aromatic rings. The maximum absolute atomic E-state index is 12.5. The van der Waals surface area contributed by atoms with Crippen molar-refractivity contribution < 1.29 is 14.3 Å². The summed E-state index contributed by atoms with van der Waals surface area (Å²) >= 11 is 0. The highest BCUT2D eigenvalue weighted by Gasteiger charge is 2.23. The quantitative estimate of drug-likeness (QED) is 0.827. The number of aryl methyl sites for hydroxylation is 1. The maximum Gasteiger partial charge on any atom is 0.337 e. The summed E-state index contributed by atoms with van der Waals surface area (Å²) in [6.45, 7) is 3.64. The van der Waals surface area contributed by atoms with Crippen molar-refractivity contribution in [3.05, 3.63) is 65.2 Å². The Morgan fingerprint density at radius 1 is 1.12 bits per heavy atom. The van der Waals surface area contributed by atoms with Gasteiger partial charge in [-0.2, -0.15) is 0 Å². The van der Waals surface area contributed by atoms with Gasteiger partial charge in [-0.1, -0.05) is 43.3 Å². The second-order valence-electron chi connectivity index (χ2n) is 5.74. The third-order valence-electron chi connectivity index (χ3n) is 4.05. The molecular weight excluding hydrogens is 304 g/mol. The van der Waals surface area contributed by atoms with Gasteiger partial charge in [0.2, 0.25) is 5.91 Å². The SMILES string of the molecule is COC(=O)c1ccc(C)c(NC(=O)C(C)C(N)c2ccccc2)c1. The number of benzene rings is 2. The van der Waals surface area contributed by atoms with E-state index in [0.717, 1.165) is 11.1 Å². The van der Waals surface area contributed by atoms with E-state index in [2.05, 4.69) is 5.32 Å². The molecule has 0 aromatic heterocycles. The van der Waals surface area contributed by atoms with Crippen LogP contribution in [0.1, 0.15) is 34.5 Å². The van der Waals surface area contributed by atoms with E-state index >= 15 is 0 Å². The molecule has 0 aliphatic heterocycles. The number of carbonyl (C=O) groups is 2. The number of hydrogen-bond donors (Lipinski definition) is 2. The summed E-state index contributed by atoms with van der Waals surface area (Å²) in [5, 5.41) is 2.85. The molecule has 0 aliphatic rings. The molecule has 126 valence electrons. The predicted molar refractivity (Wildman–Crippen MR) is 93.7 cm³/mol. The van der Waals surface area contributed by atoms with Crippen LogP contribution in [-0.2, 0) is 9.53 Å². The molecule has 2 atom stereocenters. The third kappa shape index (κ3) is 4.00. The lowest BCUT2D eigenvalue weighted by molar-refractivity contribution is -0.120. The first-order chi connectivity index (χ1) is 11.4. The molecule has 0 bridgehead atoms. The van der Waals surface area contributed by atoms with Crippen molar-refractivity contribution >= 4 is 17.6 Å². The van der Waals surface area contributed by atoms with Crippen LogP contribution in [0.4, 0.5) is 5.69 Å². The van der Waals surface area contributed by atoms with Gasteiger partial charge in [0.1, 0.15) is 0 Å². The predicted octanol–water partition coefficient (Wildman–Crippen LogP) is 3.06. The molecule has 0 saturated carbocycles. The van der Waals surface area contributed by atoms with Gasteiger partial charge in [0.25, 0.3) is 0 Å². The Balaban J connectivity index is 2.15. The molecule has 0 radical (unpaired) electrons. The Bertz CT molecular complexity index is 729. The Morgan fingerprint density at radius 3 is 2.42 bits per heavy atom. The van der Waals surface area contributed by atoms with Crippen LogP contribution in [0.2, 0.25) is 0 Å². The molecular formula is C19H22N2O3. The fourth-order valence-corrected chi connectivity index (χ4v) is 2.38. The number of nitrogens with one attached hydrogen (secondary N) is 1. The zero-order chi connectivity index (χ0) is 17.7. The van der Waals surface area contributed by atoms with Gasteiger partial charge in [-0.15, -0.1) is 0 Å². The average Bonchev–Trinajstić information content (AvgIpc) is 2.62. The molecule has 0 saturated heterocycles. The number of rotatable bonds is 5. The summed E-state index contributed by atoms with van der Waals surface area (Å²) in [6, 6.07) is 14.1. The van der Waals surface area contributed by atoms with E-state index in [0.29, 0.717) is 11.3 Å². The van der Waals surface area contributed by atoms with Gasteiger partial charge >= 0.3 is 5.97 Å². The highest BCUT2D eigenvalue weighted by Crippen LogP contribution is 2.23. The van der Waals surface area contributed by atoms with Crippen LogP contribution >= 0.6 is 0 Å². The number of esters is 1. The van der Waals surface area contributed by atoms with Gasteiger partial charge in [-0.25, -0.2) is 4.79 Å². The number of nitrogens with two attached hydrogens (primary N) is 1. The zero-order valence-corrected chi connectivity index (χ0v) is 14.1. The zero-order valence-electron chi connectivity index (χ0n) is 14.1. The van der Waals surface area contributed by atoms with Crippen molar-refractivity contribution in [3.63, 3.8) is 0 Å². The fourth-order valence-electron chi connectivity index (χ4n) is 2.38. The van der Waals surface area contributed by atoms with Crippen LogP contribution in [0.25, 0.3) is 0 Å². The normalized spacial score (nSPS) is 13.0. The van der Waals surface area contributed by atoms with Crippen LogP contribution in [0.15, 0.2) is 48.5 Å². The summed E-state index contributed by atoms with van der Waals surface area (Å²) in [7, 11) is 1.32. The van der Waals surface area contributed by atoms with E-state index < -0.39 is 17.9 Å². The van der Waals surface area contributed by atoms with Gasteiger partial charge in [-0.3, -0.25) is 4.79 Å². The molecule has 3 N–H and O–H groups in total. The van der Waals surface area contributed by atoms with Crippen molar-refractivity contribution in [1.82, 2.24) is 0 Å². The minimum Gasteiger partial charge on any atom is -0.465 e. The molecule has 24 heavy (non-hydrogen) atoms. The second-order valence-corrected chi connectivity index (χ2v) is 5.74. The average molecular weight is 326 g/mol. The van der Waals surface area contributed by atoms with Gasteiger partial charge < -0.3 is 15.8 Å². The van der Waals surface area contributed by atoms with Crippen LogP contribution in [0, 0.1) is 12.8 Å². The molecule has 2 rings (SSSR count). The Hall–Kier alpha value is -2.66. The van der Waals surface area contributed by atoms with Gasteiger partial charge in [0, 0.05) is 11.7 Å². The first kappa shape index (κ1) is 17.7. The monoisotopic (exact) mass is 326 g/mol. The molecule has 0 spiro atoms. The summed E-state index contributed by atoms with van der Waals surface area (Å²) in [5.74, 6) is -1.07. The standard InChI is InChI=1S/C19H22N2O3/c1-12-9-10-15(19(23)24-3)11-16(12)21-18(22)13(2)17(20)14-7-5-4-6-8-14/h4-11,13,17H,20H2,1-3H3,(H,21,22). The van der Waals surface area contributed by atoms with E-state index in [4.69, 9.17) is 10.5 Å². The van der Waals surface area contributed by atoms with E-state index in [-0.39, 0.29) is 5.91 Å². The van der Waals surface area contributed by atoms with Gasteiger partial charge in [0.05, 0.1) is 18.6 Å². The van der Waals surface area contributed by atoms with E-state index in [1.807, 2.05) is 37.3 Å². The van der Waals surface area contributed by atoms with Gasteiger partial charge in [0.15, 0.2) is 0 Å². The van der Waals surface area contributed by atoms with Crippen molar-refractivity contribution in [1.29, 1.82) is 0 Å². The van der Waals surface area contributed by atoms with Crippen LogP contribution in [0.3, 0.4) is 0 Å². The largest absolute Gasteiger partial charge is 0.465 e. The third-order valence-corrected chi connectivity index (χ3v) is 4.05. The number of ether oxygens (including phenoxy) is 1. The number of carbonyl (C=O) groups excluding carboxylic acids is 2. The summed E-state index contributed by atoms with van der Waals surface area (Å²) in [5.41, 5.74) is 8.92.